The van der Waals surface area contributed by atoms with Crippen molar-refractivity contribution in [3.05, 3.63) is 24.3 Å². The number of hydrogen-bond donors (Lipinski definition) is 1. The number of aliphatic carboxylic acids is 1. The van der Waals surface area contributed by atoms with E-state index in [1.54, 1.807) is 24.3 Å². The predicted octanol–water partition coefficient (Wildman–Crippen LogP) is 1.79. The van der Waals surface area contributed by atoms with Gasteiger partial charge in [0.15, 0.2) is 18.1 Å². The van der Waals surface area contributed by atoms with E-state index in [-0.39, 0.29) is 25.1 Å². The Morgan fingerprint density at radius 1 is 1.29 bits per heavy atom. The van der Waals surface area contributed by atoms with E-state index in [9.17, 15) is 9.59 Å². The Hall–Kier alpha value is -2.24. The van der Waals surface area contributed by atoms with Gasteiger partial charge >= 0.3 is 5.97 Å². The van der Waals surface area contributed by atoms with Crippen molar-refractivity contribution in [2.75, 3.05) is 20.3 Å². The molecule has 1 aromatic rings. The summed E-state index contributed by atoms with van der Waals surface area (Å²) in [5.41, 5.74) is 0. The van der Waals surface area contributed by atoms with E-state index in [0.717, 1.165) is 0 Å². The van der Waals surface area contributed by atoms with Crippen LogP contribution in [0.3, 0.4) is 0 Å². The fraction of sp³-hybridized carbons (Fsp3) is 0.467. The number of rotatable bonds is 8. The summed E-state index contributed by atoms with van der Waals surface area (Å²) in [6.45, 7) is 3.15. The standard InChI is InChI=1S/C15H21NO5/c1-4-11(2)16(9-15(18)19)14(17)10-21-13-8-6-5-7-12(13)20-3/h5-8,11H,4,9-10H2,1-3H3,(H,18,19). The lowest BCUT2D eigenvalue weighted by molar-refractivity contribution is -0.147. The van der Waals surface area contributed by atoms with Crippen molar-refractivity contribution in [3.63, 3.8) is 0 Å². The smallest absolute Gasteiger partial charge is 0.323 e. The maximum Gasteiger partial charge on any atom is 0.323 e. The van der Waals surface area contributed by atoms with Gasteiger partial charge in [0.1, 0.15) is 6.54 Å². The summed E-state index contributed by atoms with van der Waals surface area (Å²) in [4.78, 5) is 24.3. The van der Waals surface area contributed by atoms with E-state index in [4.69, 9.17) is 14.6 Å². The summed E-state index contributed by atoms with van der Waals surface area (Å²) in [5.74, 6) is -0.426. The molecule has 0 saturated carbocycles. The zero-order chi connectivity index (χ0) is 15.8. The van der Waals surface area contributed by atoms with Gasteiger partial charge in [0.2, 0.25) is 0 Å². The number of carboxylic acid groups (broad SMARTS) is 1. The summed E-state index contributed by atoms with van der Waals surface area (Å²) < 4.78 is 10.6. The van der Waals surface area contributed by atoms with Crippen molar-refractivity contribution in [2.45, 2.75) is 26.3 Å². The second-order valence-corrected chi connectivity index (χ2v) is 4.61. The quantitative estimate of drug-likeness (QED) is 0.791. The van der Waals surface area contributed by atoms with Crippen LogP contribution < -0.4 is 9.47 Å². The average Bonchev–Trinajstić information content (AvgIpc) is 2.49. The molecule has 1 aromatic carbocycles. The number of hydrogen-bond acceptors (Lipinski definition) is 4. The lowest BCUT2D eigenvalue weighted by atomic mass is 10.2. The average molecular weight is 295 g/mol. The first-order chi connectivity index (χ1) is 9.99. The number of nitrogens with zero attached hydrogens (tertiary/aromatic N) is 1. The third-order valence-electron chi connectivity index (χ3n) is 3.17. The molecule has 1 amide bonds. The minimum Gasteiger partial charge on any atom is -0.493 e. The molecule has 1 N–H and O–H groups in total. The van der Waals surface area contributed by atoms with Crippen LogP contribution in [0.15, 0.2) is 24.3 Å². The second kappa shape index (κ2) is 8.14. The molecule has 21 heavy (non-hydrogen) atoms. The van der Waals surface area contributed by atoms with Gasteiger partial charge in [-0.2, -0.15) is 0 Å². The number of benzene rings is 1. The molecular weight excluding hydrogens is 274 g/mol. The van der Waals surface area contributed by atoms with Gasteiger partial charge in [0, 0.05) is 6.04 Å². The molecule has 1 atom stereocenters. The van der Waals surface area contributed by atoms with Crippen molar-refractivity contribution < 1.29 is 24.2 Å². The number of amides is 1. The van der Waals surface area contributed by atoms with Crippen LogP contribution in [0.4, 0.5) is 0 Å². The van der Waals surface area contributed by atoms with Crippen LogP contribution in [0.1, 0.15) is 20.3 Å². The van der Waals surface area contributed by atoms with Crippen LogP contribution in [0, 0.1) is 0 Å². The Morgan fingerprint density at radius 2 is 1.90 bits per heavy atom. The number of carbonyl (C=O) groups is 2. The van der Waals surface area contributed by atoms with Crippen LogP contribution in [-0.2, 0) is 9.59 Å². The highest BCUT2D eigenvalue weighted by molar-refractivity contribution is 5.82. The predicted molar refractivity (Wildman–Crippen MR) is 77.6 cm³/mol. The molecule has 0 aromatic heterocycles. The topological polar surface area (TPSA) is 76.1 Å². The van der Waals surface area contributed by atoms with Crippen LogP contribution >= 0.6 is 0 Å². The highest BCUT2D eigenvalue weighted by Gasteiger charge is 2.22. The summed E-state index contributed by atoms with van der Waals surface area (Å²) in [5, 5.41) is 8.89. The molecule has 0 bridgehead atoms. The lowest BCUT2D eigenvalue weighted by Gasteiger charge is -2.26. The van der Waals surface area contributed by atoms with Gasteiger partial charge in [-0.1, -0.05) is 19.1 Å². The van der Waals surface area contributed by atoms with Gasteiger partial charge in [0.25, 0.3) is 5.91 Å². The SMILES string of the molecule is CCC(C)N(CC(=O)O)C(=O)COc1ccccc1OC. The maximum atomic E-state index is 12.1. The Kier molecular flexibility index (Phi) is 6.52. The first-order valence-electron chi connectivity index (χ1n) is 6.76. The molecule has 0 aliphatic carbocycles. The maximum absolute atomic E-state index is 12.1. The van der Waals surface area contributed by atoms with Crippen LogP contribution in [0.25, 0.3) is 0 Å². The zero-order valence-electron chi connectivity index (χ0n) is 12.5. The van der Waals surface area contributed by atoms with Crippen LogP contribution in [0.2, 0.25) is 0 Å². The molecule has 0 fully saturated rings. The molecule has 1 unspecified atom stereocenters. The molecule has 0 aliphatic rings. The third kappa shape index (κ3) is 4.98. The number of carbonyl (C=O) groups excluding carboxylic acids is 1. The van der Waals surface area contributed by atoms with E-state index in [0.29, 0.717) is 17.9 Å². The van der Waals surface area contributed by atoms with E-state index < -0.39 is 5.97 Å². The normalized spacial score (nSPS) is 11.6. The largest absolute Gasteiger partial charge is 0.493 e. The fourth-order valence-corrected chi connectivity index (χ4v) is 1.82. The highest BCUT2D eigenvalue weighted by Crippen LogP contribution is 2.25. The molecule has 0 spiro atoms. The van der Waals surface area contributed by atoms with Gasteiger partial charge in [-0.15, -0.1) is 0 Å². The molecule has 0 saturated heterocycles. The molecule has 6 nitrogen and oxygen atoms in total. The lowest BCUT2D eigenvalue weighted by Crippen LogP contribution is -2.44. The summed E-state index contributed by atoms with van der Waals surface area (Å²) in [6, 6.07) is 6.82. The van der Waals surface area contributed by atoms with Gasteiger partial charge in [0.05, 0.1) is 7.11 Å². The molecular formula is C15H21NO5. The summed E-state index contributed by atoms with van der Waals surface area (Å²) in [6.07, 6.45) is 0.674. The Bertz CT molecular complexity index is 489. The first-order valence-corrected chi connectivity index (χ1v) is 6.76. The van der Waals surface area contributed by atoms with E-state index in [2.05, 4.69) is 0 Å². The van der Waals surface area contributed by atoms with Crippen molar-refractivity contribution >= 4 is 11.9 Å². The molecule has 1 rings (SSSR count). The minimum absolute atomic E-state index is 0.158. The molecule has 6 heteroatoms. The van der Waals surface area contributed by atoms with Crippen molar-refractivity contribution in [3.8, 4) is 11.5 Å². The van der Waals surface area contributed by atoms with Crippen molar-refractivity contribution in [1.82, 2.24) is 4.90 Å². The number of carboxylic acids is 1. The van der Waals surface area contributed by atoms with Gasteiger partial charge < -0.3 is 19.5 Å². The molecule has 0 heterocycles. The van der Waals surface area contributed by atoms with Crippen molar-refractivity contribution in [1.29, 1.82) is 0 Å². The van der Waals surface area contributed by atoms with Gasteiger partial charge in [-0.05, 0) is 25.5 Å². The molecule has 116 valence electrons. The number of ether oxygens (including phenoxy) is 2. The monoisotopic (exact) mass is 295 g/mol. The minimum atomic E-state index is -1.04. The molecule has 0 aliphatic heterocycles. The Labute approximate surface area is 124 Å². The van der Waals surface area contributed by atoms with Gasteiger partial charge in [-0.3, -0.25) is 9.59 Å². The summed E-state index contributed by atoms with van der Waals surface area (Å²) >= 11 is 0. The Morgan fingerprint density at radius 3 is 2.43 bits per heavy atom. The Balaban J connectivity index is 2.71. The van der Waals surface area contributed by atoms with E-state index in [1.165, 1.54) is 12.0 Å². The number of para-hydroxylation sites is 2. The van der Waals surface area contributed by atoms with E-state index in [1.807, 2.05) is 13.8 Å². The zero-order valence-corrected chi connectivity index (χ0v) is 12.5. The van der Waals surface area contributed by atoms with Gasteiger partial charge in [-0.25, -0.2) is 0 Å². The third-order valence-corrected chi connectivity index (χ3v) is 3.17. The van der Waals surface area contributed by atoms with Crippen LogP contribution in [0.5, 0.6) is 11.5 Å². The van der Waals surface area contributed by atoms with E-state index >= 15 is 0 Å². The highest BCUT2D eigenvalue weighted by atomic mass is 16.5. The fourth-order valence-electron chi connectivity index (χ4n) is 1.82. The number of methoxy groups -OCH3 is 1. The molecule has 0 radical (unpaired) electrons. The first kappa shape index (κ1) is 16.8. The van der Waals surface area contributed by atoms with Crippen molar-refractivity contribution in [2.24, 2.45) is 0 Å². The second-order valence-electron chi connectivity index (χ2n) is 4.61. The summed E-state index contributed by atoms with van der Waals surface area (Å²) in [7, 11) is 1.51. The van der Waals surface area contributed by atoms with Crippen LogP contribution in [-0.4, -0.2) is 48.2 Å².